The van der Waals surface area contributed by atoms with E-state index >= 15 is 0 Å². The molecule has 0 spiro atoms. The summed E-state index contributed by atoms with van der Waals surface area (Å²) in [5, 5.41) is 13.6. The Morgan fingerprint density at radius 3 is 3.00 bits per heavy atom. The van der Waals surface area contributed by atoms with Crippen LogP contribution < -0.4 is 10.6 Å². The van der Waals surface area contributed by atoms with Gasteiger partial charge in [-0.2, -0.15) is 11.3 Å². The molecule has 26 heavy (non-hydrogen) atoms. The van der Waals surface area contributed by atoms with E-state index in [0.29, 0.717) is 11.8 Å². The summed E-state index contributed by atoms with van der Waals surface area (Å²) in [6, 6.07) is 6.60. The lowest BCUT2D eigenvalue weighted by molar-refractivity contribution is 0.169. The van der Waals surface area contributed by atoms with Crippen LogP contribution in [0.1, 0.15) is 36.1 Å². The highest BCUT2D eigenvalue weighted by atomic mass is 32.1. The van der Waals surface area contributed by atoms with Crippen molar-refractivity contribution >= 4 is 28.6 Å². The molecule has 2 atom stereocenters. The zero-order valence-electron chi connectivity index (χ0n) is 15.8. The van der Waals surface area contributed by atoms with E-state index in [4.69, 9.17) is 0 Å². The van der Waals surface area contributed by atoms with Crippen molar-refractivity contribution in [3.8, 4) is 0 Å². The third-order valence-corrected chi connectivity index (χ3v) is 6.59. The third kappa shape index (κ3) is 5.83. The number of nitrogens with one attached hydrogen (secondary N) is 2. The van der Waals surface area contributed by atoms with Gasteiger partial charge in [0.15, 0.2) is 5.96 Å². The lowest BCUT2D eigenvalue weighted by Crippen LogP contribution is -2.44. The molecule has 0 aromatic carbocycles. The predicted molar refractivity (Wildman–Crippen MR) is 114 cm³/mol. The first-order chi connectivity index (χ1) is 12.7. The first kappa shape index (κ1) is 19.4. The van der Waals surface area contributed by atoms with E-state index in [-0.39, 0.29) is 0 Å². The molecular weight excluding hydrogens is 360 g/mol. The van der Waals surface area contributed by atoms with Crippen LogP contribution >= 0.6 is 22.7 Å². The Morgan fingerprint density at radius 1 is 1.35 bits per heavy atom. The van der Waals surface area contributed by atoms with Gasteiger partial charge in [0, 0.05) is 38.1 Å². The molecule has 4 nitrogen and oxygen atoms in total. The predicted octanol–water partition coefficient (Wildman–Crippen LogP) is 3.99. The Kier molecular flexibility index (Phi) is 7.53. The average molecular weight is 391 g/mol. The molecular formula is C20H30N4S2. The summed E-state index contributed by atoms with van der Waals surface area (Å²) < 4.78 is 0. The van der Waals surface area contributed by atoms with Gasteiger partial charge in [0.2, 0.25) is 0 Å². The maximum Gasteiger partial charge on any atom is 0.191 e. The molecule has 0 saturated carbocycles. The van der Waals surface area contributed by atoms with Gasteiger partial charge in [0.1, 0.15) is 0 Å². The Hall–Kier alpha value is -1.37. The average Bonchev–Trinajstić information content (AvgIpc) is 3.36. The van der Waals surface area contributed by atoms with Crippen molar-refractivity contribution in [2.75, 3.05) is 33.2 Å². The molecule has 2 unspecified atom stereocenters. The molecule has 3 rings (SSSR count). The standard InChI is InChI=1S/C20H30N4S2/c1-16(18-7-10-25-15-18)11-22-20(21-2)23-12-17-5-3-8-24(13-17)14-19-6-4-9-26-19/h4,6-7,9-10,15-17H,3,5,8,11-14H2,1-2H3,(H2,21,22,23). The van der Waals surface area contributed by atoms with Crippen LogP contribution in [-0.4, -0.2) is 44.1 Å². The number of hydrogen-bond acceptors (Lipinski definition) is 4. The minimum absolute atomic E-state index is 0.496. The van der Waals surface area contributed by atoms with Gasteiger partial charge in [0.25, 0.3) is 0 Å². The number of piperidine rings is 1. The minimum Gasteiger partial charge on any atom is -0.356 e. The molecule has 1 saturated heterocycles. The highest BCUT2D eigenvalue weighted by Gasteiger charge is 2.20. The molecule has 0 bridgehead atoms. The summed E-state index contributed by atoms with van der Waals surface area (Å²) in [5.41, 5.74) is 1.40. The lowest BCUT2D eigenvalue weighted by Gasteiger charge is -2.32. The van der Waals surface area contributed by atoms with Crippen molar-refractivity contribution < 1.29 is 0 Å². The van der Waals surface area contributed by atoms with E-state index in [1.807, 2.05) is 18.4 Å². The normalized spacial score (nSPS) is 20.1. The molecule has 142 valence electrons. The van der Waals surface area contributed by atoms with E-state index in [1.54, 1.807) is 11.3 Å². The summed E-state index contributed by atoms with van der Waals surface area (Å²) in [6.45, 7) is 7.65. The van der Waals surface area contributed by atoms with E-state index in [1.165, 1.54) is 36.4 Å². The quantitative estimate of drug-likeness (QED) is 0.555. The highest BCUT2D eigenvalue weighted by molar-refractivity contribution is 7.09. The van der Waals surface area contributed by atoms with Gasteiger partial charge in [-0.1, -0.05) is 13.0 Å². The van der Waals surface area contributed by atoms with E-state index in [9.17, 15) is 0 Å². The van der Waals surface area contributed by atoms with Crippen LogP contribution in [0.4, 0.5) is 0 Å². The fourth-order valence-corrected chi connectivity index (χ4v) is 5.00. The Bertz CT molecular complexity index is 651. The van der Waals surface area contributed by atoms with Gasteiger partial charge >= 0.3 is 0 Å². The number of rotatable bonds is 7. The van der Waals surface area contributed by atoms with Gasteiger partial charge in [-0.15, -0.1) is 11.3 Å². The maximum atomic E-state index is 4.39. The van der Waals surface area contributed by atoms with Crippen molar-refractivity contribution in [1.29, 1.82) is 0 Å². The zero-order chi connectivity index (χ0) is 18.2. The van der Waals surface area contributed by atoms with Crippen molar-refractivity contribution in [3.05, 3.63) is 44.8 Å². The maximum absolute atomic E-state index is 4.39. The minimum atomic E-state index is 0.496. The van der Waals surface area contributed by atoms with Gasteiger partial charge in [0.05, 0.1) is 0 Å². The first-order valence-electron chi connectivity index (χ1n) is 9.46. The molecule has 1 fully saturated rings. The van der Waals surface area contributed by atoms with Gasteiger partial charge in [-0.25, -0.2) is 0 Å². The molecule has 0 amide bonds. The number of guanidine groups is 1. The molecule has 3 heterocycles. The fourth-order valence-electron chi connectivity index (χ4n) is 3.47. The second-order valence-electron chi connectivity index (χ2n) is 7.11. The summed E-state index contributed by atoms with van der Waals surface area (Å²) in [6.07, 6.45) is 2.59. The first-order valence-corrected chi connectivity index (χ1v) is 11.3. The van der Waals surface area contributed by atoms with Crippen molar-refractivity contribution in [3.63, 3.8) is 0 Å². The number of likely N-dealkylation sites (tertiary alicyclic amines) is 1. The second kappa shape index (κ2) is 10.1. The Balaban J connectivity index is 1.40. The van der Waals surface area contributed by atoms with Crippen LogP contribution in [0.5, 0.6) is 0 Å². The largest absolute Gasteiger partial charge is 0.356 e. The monoisotopic (exact) mass is 390 g/mol. The van der Waals surface area contributed by atoms with Crippen LogP contribution in [0.15, 0.2) is 39.3 Å². The second-order valence-corrected chi connectivity index (χ2v) is 8.93. The van der Waals surface area contributed by atoms with Crippen LogP contribution in [0.2, 0.25) is 0 Å². The molecule has 0 aliphatic carbocycles. The van der Waals surface area contributed by atoms with Gasteiger partial charge in [-0.05, 0) is 65.1 Å². The van der Waals surface area contributed by atoms with E-state index < -0.39 is 0 Å². The Morgan fingerprint density at radius 2 is 2.27 bits per heavy atom. The highest BCUT2D eigenvalue weighted by Crippen LogP contribution is 2.20. The molecule has 1 aliphatic rings. The SMILES string of the molecule is CN=C(NCC1CCCN(Cc2cccs2)C1)NCC(C)c1ccsc1. The van der Waals surface area contributed by atoms with Crippen LogP contribution in [0.25, 0.3) is 0 Å². The van der Waals surface area contributed by atoms with E-state index in [2.05, 4.69) is 61.8 Å². The lowest BCUT2D eigenvalue weighted by atomic mass is 9.98. The van der Waals surface area contributed by atoms with Crippen LogP contribution in [0.3, 0.4) is 0 Å². The van der Waals surface area contributed by atoms with Crippen molar-refractivity contribution in [2.45, 2.75) is 32.2 Å². The zero-order valence-corrected chi connectivity index (χ0v) is 17.4. The smallest absolute Gasteiger partial charge is 0.191 e. The number of thiophene rings is 2. The van der Waals surface area contributed by atoms with E-state index in [0.717, 1.165) is 25.6 Å². The molecule has 2 N–H and O–H groups in total. The number of hydrogen-bond donors (Lipinski definition) is 2. The topological polar surface area (TPSA) is 39.7 Å². The molecule has 2 aromatic rings. The molecule has 0 radical (unpaired) electrons. The summed E-state index contributed by atoms with van der Waals surface area (Å²) in [5.74, 6) is 2.11. The summed E-state index contributed by atoms with van der Waals surface area (Å²) >= 11 is 3.62. The van der Waals surface area contributed by atoms with Gasteiger partial charge in [-0.3, -0.25) is 9.89 Å². The fraction of sp³-hybridized carbons (Fsp3) is 0.550. The van der Waals surface area contributed by atoms with Gasteiger partial charge < -0.3 is 10.6 Å². The third-order valence-electron chi connectivity index (χ3n) is 5.03. The van der Waals surface area contributed by atoms with Crippen molar-refractivity contribution in [1.82, 2.24) is 15.5 Å². The number of aliphatic imine (C=N–C) groups is 1. The summed E-state index contributed by atoms with van der Waals surface area (Å²) in [7, 11) is 1.86. The van der Waals surface area contributed by atoms with Crippen molar-refractivity contribution in [2.24, 2.45) is 10.9 Å². The molecule has 2 aromatic heterocycles. The number of nitrogens with zero attached hydrogens (tertiary/aromatic N) is 2. The molecule has 6 heteroatoms. The summed E-state index contributed by atoms with van der Waals surface area (Å²) in [4.78, 5) is 8.46. The van der Waals surface area contributed by atoms with Crippen LogP contribution in [-0.2, 0) is 6.54 Å². The molecule has 1 aliphatic heterocycles. The Labute approximate surface area is 165 Å². The van der Waals surface area contributed by atoms with Crippen LogP contribution in [0, 0.1) is 5.92 Å².